The number of methoxy groups -OCH3 is 1. The lowest BCUT2D eigenvalue weighted by atomic mass is 10.0. The van der Waals surface area contributed by atoms with Gasteiger partial charge in [0.2, 0.25) is 0 Å². The predicted octanol–water partition coefficient (Wildman–Crippen LogP) is 2.58. The van der Waals surface area contributed by atoms with E-state index in [1.807, 2.05) is 0 Å². The molecule has 1 aliphatic rings. The molecule has 7 heteroatoms. The highest BCUT2D eigenvalue weighted by Crippen LogP contribution is 2.23. The standard InChI is InChI=1S/C20H34N4O2.HI/c1-4-21-20(22-9-6-12-25-3)23-16-19(24-10-13-26-14-11-24)18-8-5-7-17(2)15-18;/h5,7-8,15,19H,4,6,9-14,16H2,1-3H3,(H2,21,22,23);1H. The van der Waals surface area contributed by atoms with Crippen LogP contribution in [0.25, 0.3) is 0 Å². The van der Waals surface area contributed by atoms with Crippen molar-refractivity contribution in [3.8, 4) is 0 Å². The number of halogens is 1. The highest BCUT2D eigenvalue weighted by atomic mass is 127. The summed E-state index contributed by atoms with van der Waals surface area (Å²) >= 11 is 0. The number of hydrogen-bond acceptors (Lipinski definition) is 4. The van der Waals surface area contributed by atoms with Gasteiger partial charge in [-0.05, 0) is 25.8 Å². The molecule has 0 saturated carbocycles. The van der Waals surface area contributed by atoms with Crippen LogP contribution in [0.4, 0.5) is 0 Å². The summed E-state index contributed by atoms with van der Waals surface area (Å²) < 4.78 is 10.6. The second kappa shape index (κ2) is 14.1. The quantitative estimate of drug-likeness (QED) is 0.241. The first-order valence-electron chi connectivity index (χ1n) is 9.64. The monoisotopic (exact) mass is 490 g/mol. The molecule has 27 heavy (non-hydrogen) atoms. The van der Waals surface area contributed by atoms with Crippen molar-refractivity contribution in [1.29, 1.82) is 0 Å². The minimum Gasteiger partial charge on any atom is -0.385 e. The minimum atomic E-state index is 0. The zero-order valence-electron chi connectivity index (χ0n) is 16.9. The smallest absolute Gasteiger partial charge is 0.191 e. The third-order valence-electron chi connectivity index (χ3n) is 4.50. The lowest BCUT2D eigenvalue weighted by Gasteiger charge is -2.34. The van der Waals surface area contributed by atoms with Gasteiger partial charge in [0.15, 0.2) is 5.96 Å². The molecule has 0 radical (unpaired) electrons. The van der Waals surface area contributed by atoms with E-state index in [1.54, 1.807) is 7.11 Å². The number of ether oxygens (including phenoxy) is 2. The molecule has 1 heterocycles. The second-order valence-corrected chi connectivity index (χ2v) is 6.57. The third-order valence-corrected chi connectivity index (χ3v) is 4.50. The predicted molar refractivity (Wildman–Crippen MR) is 122 cm³/mol. The maximum absolute atomic E-state index is 5.54. The van der Waals surface area contributed by atoms with Crippen molar-refractivity contribution < 1.29 is 9.47 Å². The van der Waals surface area contributed by atoms with Crippen LogP contribution in [-0.2, 0) is 9.47 Å². The van der Waals surface area contributed by atoms with Crippen molar-refractivity contribution in [2.75, 3.05) is 59.7 Å². The van der Waals surface area contributed by atoms with E-state index in [4.69, 9.17) is 14.5 Å². The van der Waals surface area contributed by atoms with Crippen LogP contribution in [-0.4, -0.2) is 70.5 Å². The van der Waals surface area contributed by atoms with Crippen LogP contribution in [0.1, 0.15) is 30.5 Å². The van der Waals surface area contributed by atoms with Crippen molar-refractivity contribution in [3.05, 3.63) is 35.4 Å². The van der Waals surface area contributed by atoms with E-state index in [0.29, 0.717) is 0 Å². The molecule has 0 bridgehead atoms. The average Bonchev–Trinajstić information content (AvgIpc) is 2.66. The fourth-order valence-corrected chi connectivity index (χ4v) is 3.14. The zero-order chi connectivity index (χ0) is 18.6. The van der Waals surface area contributed by atoms with Crippen molar-refractivity contribution in [2.45, 2.75) is 26.3 Å². The van der Waals surface area contributed by atoms with Gasteiger partial charge < -0.3 is 20.1 Å². The maximum atomic E-state index is 5.54. The fraction of sp³-hybridized carbons (Fsp3) is 0.650. The Balaban J connectivity index is 0.00000364. The van der Waals surface area contributed by atoms with Gasteiger partial charge in [0.1, 0.15) is 0 Å². The molecule has 0 spiro atoms. The topological polar surface area (TPSA) is 58.1 Å². The lowest BCUT2D eigenvalue weighted by molar-refractivity contribution is 0.0179. The first-order chi connectivity index (χ1) is 12.7. The van der Waals surface area contributed by atoms with Crippen LogP contribution >= 0.6 is 24.0 Å². The summed E-state index contributed by atoms with van der Waals surface area (Å²) in [7, 11) is 1.73. The number of hydrogen-bond donors (Lipinski definition) is 2. The molecule has 1 unspecified atom stereocenters. The number of nitrogens with zero attached hydrogens (tertiary/aromatic N) is 2. The lowest BCUT2D eigenvalue weighted by Crippen LogP contribution is -2.42. The van der Waals surface area contributed by atoms with Crippen LogP contribution in [0, 0.1) is 6.92 Å². The summed E-state index contributed by atoms with van der Waals surface area (Å²) in [5.41, 5.74) is 2.61. The molecule has 1 fully saturated rings. The molecule has 0 amide bonds. The number of benzene rings is 1. The van der Waals surface area contributed by atoms with Crippen molar-refractivity contribution >= 4 is 29.9 Å². The van der Waals surface area contributed by atoms with E-state index < -0.39 is 0 Å². The summed E-state index contributed by atoms with van der Waals surface area (Å²) in [5, 5.41) is 6.73. The average molecular weight is 490 g/mol. The Morgan fingerprint density at radius 2 is 2.07 bits per heavy atom. The van der Waals surface area contributed by atoms with Crippen LogP contribution in [0.2, 0.25) is 0 Å². The normalized spacial score (nSPS) is 16.5. The Bertz CT molecular complexity index is 551. The van der Waals surface area contributed by atoms with Gasteiger partial charge in [0, 0.05) is 39.9 Å². The summed E-state index contributed by atoms with van der Waals surface area (Å²) in [6.45, 7) is 10.9. The number of morpholine rings is 1. The molecule has 1 aromatic carbocycles. The Kier molecular flexibility index (Phi) is 12.6. The maximum Gasteiger partial charge on any atom is 0.191 e. The Morgan fingerprint density at radius 3 is 2.74 bits per heavy atom. The zero-order valence-corrected chi connectivity index (χ0v) is 19.2. The van der Waals surface area contributed by atoms with Crippen molar-refractivity contribution in [3.63, 3.8) is 0 Å². The van der Waals surface area contributed by atoms with Crippen LogP contribution < -0.4 is 10.6 Å². The van der Waals surface area contributed by atoms with Crippen molar-refractivity contribution in [2.24, 2.45) is 4.99 Å². The Labute approximate surface area is 181 Å². The number of aryl methyl sites for hydroxylation is 1. The second-order valence-electron chi connectivity index (χ2n) is 6.57. The molecule has 1 saturated heterocycles. The molecule has 0 aromatic heterocycles. The van der Waals surface area contributed by atoms with Gasteiger partial charge in [0.05, 0.1) is 25.8 Å². The summed E-state index contributed by atoms with van der Waals surface area (Å²) in [6, 6.07) is 9.03. The summed E-state index contributed by atoms with van der Waals surface area (Å²) in [4.78, 5) is 7.35. The Morgan fingerprint density at radius 1 is 1.30 bits per heavy atom. The molecule has 1 atom stereocenters. The molecular weight excluding hydrogens is 455 g/mol. The van der Waals surface area contributed by atoms with Crippen LogP contribution in [0.15, 0.2) is 29.3 Å². The van der Waals surface area contributed by atoms with Crippen LogP contribution in [0.3, 0.4) is 0 Å². The molecule has 2 N–H and O–H groups in total. The largest absolute Gasteiger partial charge is 0.385 e. The molecule has 2 rings (SSSR count). The number of guanidine groups is 1. The van der Waals surface area contributed by atoms with Gasteiger partial charge in [-0.15, -0.1) is 24.0 Å². The van der Waals surface area contributed by atoms with Crippen molar-refractivity contribution in [1.82, 2.24) is 15.5 Å². The van der Waals surface area contributed by atoms with Gasteiger partial charge in [-0.1, -0.05) is 29.8 Å². The molecular formula is C20H35IN4O2. The van der Waals surface area contributed by atoms with E-state index in [-0.39, 0.29) is 30.0 Å². The van der Waals surface area contributed by atoms with Crippen LogP contribution in [0.5, 0.6) is 0 Å². The minimum absolute atomic E-state index is 0. The van der Waals surface area contributed by atoms with E-state index in [1.165, 1.54) is 11.1 Å². The highest BCUT2D eigenvalue weighted by Gasteiger charge is 2.22. The number of nitrogens with one attached hydrogen (secondary N) is 2. The first-order valence-corrected chi connectivity index (χ1v) is 9.64. The SMILES string of the molecule is CCNC(=NCC(c1cccc(C)c1)N1CCOCC1)NCCCOC.I. The number of rotatable bonds is 9. The highest BCUT2D eigenvalue weighted by molar-refractivity contribution is 14.0. The summed E-state index contributed by atoms with van der Waals surface area (Å²) in [6.07, 6.45) is 0.964. The van der Waals surface area contributed by atoms with Gasteiger partial charge in [-0.3, -0.25) is 9.89 Å². The first kappa shape index (κ1) is 24.1. The Hall–Kier alpha value is -0.900. The molecule has 6 nitrogen and oxygen atoms in total. The molecule has 154 valence electrons. The third kappa shape index (κ3) is 8.76. The molecule has 1 aromatic rings. The molecule has 0 aliphatic carbocycles. The van der Waals surface area contributed by atoms with E-state index >= 15 is 0 Å². The van der Waals surface area contributed by atoms with E-state index in [9.17, 15) is 0 Å². The van der Waals surface area contributed by atoms with E-state index in [2.05, 4.69) is 53.6 Å². The van der Waals surface area contributed by atoms with E-state index in [0.717, 1.165) is 64.9 Å². The fourth-order valence-electron chi connectivity index (χ4n) is 3.14. The molecule has 1 aliphatic heterocycles. The van der Waals surface area contributed by atoms with Gasteiger partial charge in [-0.2, -0.15) is 0 Å². The summed E-state index contributed by atoms with van der Waals surface area (Å²) in [5.74, 6) is 0.870. The number of aliphatic imine (C=N–C) groups is 1. The van der Waals surface area contributed by atoms with Gasteiger partial charge in [-0.25, -0.2) is 0 Å². The van der Waals surface area contributed by atoms with Gasteiger partial charge >= 0.3 is 0 Å². The van der Waals surface area contributed by atoms with Gasteiger partial charge in [0.25, 0.3) is 0 Å².